The van der Waals surface area contributed by atoms with E-state index in [0.717, 1.165) is 12.8 Å². The predicted molar refractivity (Wildman–Crippen MR) is 71.4 cm³/mol. The molecule has 0 aromatic heterocycles. The molecule has 2 fully saturated rings. The van der Waals surface area contributed by atoms with Crippen LogP contribution < -0.4 is 5.73 Å². The number of rotatable bonds is 5. The molecule has 1 aliphatic carbocycles. The highest BCUT2D eigenvalue weighted by Crippen LogP contribution is 2.39. The van der Waals surface area contributed by atoms with E-state index >= 15 is 0 Å². The third kappa shape index (κ3) is 3.46. The monoisotopic (exact) mass is 290 g/mol. The zero-order chi connectivity index (χ0) is 14.1. The maximum Gasteiger partial charge on any atom is 0.327 e. The third-order valence-electron chi connectivity index (χ3n) is 3.88. The van der Waals surface area contributed by atoms with E-state index in [1.165, 1.54) is 0 Å². The fourth-order valence-corrected chi connectivity index (χ4v) is 3.78. The lowest BCUT2D eigenvalue weighted by atomic mass is 9.93. The van der Waals surface area contributed by atoms with Crippen molar-refractivity contribution < 1.29 is 17.9 Å². The van der Waals surface area contributed by atoms with Crippen LogP contribution in [0.1, 0.15) is 19.8 Å². The molecule has 0 radical (unpaired) electrons. The van der Waals surface area contributed by atoms with E-state index in [1.807, 2.05) is 4.90 Å². The van der Waals surface area contributed by atoms with Crippen LogP contribution in [0.2, 0.25) is 0 Å². The van der Waals surface area contributed by atoms with Gasteiger partial charge in [-0.25, -0.2) is 13.2 Å². The summed E-state index contributed by atoms with van der Waals surface area (Å²) in [5.41, 5.74) is 5.29. The van der Waals surface area contributed by atoms with E-state index in [9.17, 15) is 13.2 Å². The van der Waals surface area contributed by atoms with E-state index in [2.05, 4.69) is 0 Å². The Morgan fingerprint density at radius 3 is 2.42 bits per heavy atom. The summed E-state index contributed by atoms with van der Waals surface area (Å²) in [6.07, 6.45) is 1.89. The predicted octanol–water partition coefficient (Wildman–Crippen LogP) is -0.613. The second kappa shape index (κ2) is 5.38. The van der Waals surface area contributed by atoms with Gasteiger partial charge < -0.3 is 10.5 Å². The SMILES string of the molecule is CCOC(=O)C(N)(CN1CCS(=O)(=O)CC1)C1CC1. The molecular weight excluding hydrogens is 268 g/mol. The first-order valence-corrected chi connectivity index (χ1v) is 8.58. The lowest BCUT2D eigenvalue weighted by Gasteiger charge is -2.35. The molecule has 110 valence electrons. The summed E-state index contributed by atoms with van der Waals surface area (Å²) in [5.74, 6) is 0.115. The van der Waals surface area contributed by atoms with Gasteiger partial charge in [0.05, 0.1) is 18.1 Å². The largest absolute Gasteiger partial charge is 0.465 e. The molecule has 2 aliphatic rings. The quantitative estimate of drug-likeness (QED) is 0.679. The van der Waals surface area contributed by atoms with Crippen LogP contribution in [-0.4, -0.2) is 62.6 Å². The Labute approximate surface area is 114 Å². The Morgan fingerprint density at radius 2 is 1.95 bits per heavy atom. The fraction of sp³-hybridized carbons (Fsp3) is 0.917. The minimum atomic E-state index is -2.91. The second-order valence-electron chi connectivity index (χ2n) is 5.46. The highest BCUT2D eigenvalue weighted by molar-refractivity contribution is 7.91. The Morgan fingerprint density at radius 1 is 1.37 bits per heavy atom. The highest BCUT2D eigenvalue weighted by Gasteiger charge is 2.50. The number of hydrogen-bond acceptors (Lipinski definition) is 6. The molecule has 1 aliphatic heterocycles. The van der Waals surface area contributed by atoms with Gasteiger partial charge in [-0.2, -0.15) is 0 Å². The van der Waals surface area contributed by atoms with Gasteiger partial charge in [-0.05, 0) is 25.7 Å². The van der Waals surface area contributed by atoms with Crippen molar-refractivity contribution in [2.24, 2.45) is 11.7 Å². The number of esters is 1. The molecule has 19 heavy (non-hydrogen) atoms. The molecular formula is C12H22N2O4S. The summed E-state index contributed by atoms with van der Waals surface area (Å²) in [6, 6.07) is 0. The molecule has 2 N–H and O–H groups in total. The molecule has 1 saturated carbocycles. The van der Waals surface area contributed by atoms with Gasteiger partial charge in [0.25, 0.3) is 0 Å². The van der Waals surface area contributed by atoms with Crippen LogP contribution in [-0.2, 0) is 19.4 Å². The number of hydrogen-bond donors (Lipinski definition) is 1. The van der Waals surface area contributed by atoms with Crippen molar-refractivity contribution in [2.45, 2.75) is 25.3 Å². The minimum absolute atomic E-state index is 0.149. The van der Waals surface area contributed by atoms with Crippen LogP contribution in [0.15, 0.2) is 0 Å². The number of ether oxygens (including phenoxy) is 1. The molecule has 0 amide bonds. The minimum Gasteiger partial charge on any atom is -0.465 e. The lowest BCUT2D eigenvalue weighted by molar-refractivity contribution is -0.151. The summed E-state index contributed by atoms with van der Waals surface area (Å²) in [7, 11) is -2.91. The number of carbonyl (C=O) groups is 1. The van der Waals surface area contributed by atoms with E-state index < -0.39 is 15.4 Å². The van der Waals surface area contributed by atoms with Gasteiger partial charge in [-0.3, -0.25) is 4.90 Å². The van der Waals surface area contributed by atoms with E-state index in [1.54, 1.807) is 6.92 Å². The van der Waals surface area contributed by atoms with Crippen molar-refractivity contribution in [2.75, 3.05) is 37.7 Å². The molecule has 0 aromatic rings. The van der Waals surface area contributed by atoms with Crippen LogP contribution in [0.3, 0.4) is 0 Å². The average molecular weight is 290 g/mol. The summed E-state index contributed by atoms with van der Waals surface area (Å²) < 4.78 is 27.9. The maximum atomic E-state index is 12.1. The number of nitrogens with two attached hydrogens (primary N) is 1. The summed E-state index contributed by atoms with van der Waals surface area (Å²) >= 11 is 0. The van der Waals surface area contributed by atoms with Gasteiger partial charge in [0.15, 0.2) is 9.84 Å². The second-order valence-corrected chi connectivity index (χ2v) is 7.77. The summed E-state index contributed by atoms with van der Waals surface area (Å²) in [6.45, 7) is 3.38. The molecule has 1 unspecified atom stereocenters. The third-order valence-corrected chi connectivity index (χ3v) is 5.49. The molecule has 7 heteroatoms. The van der Waals surface area contributed by atoms with Crippen molar-refractivity contribution in [3.05, 3.63) is 0 Å². The Hall–Kier alpha value is -0.660. The number of sulfone groups is 1. The van der Waals surface area contributed by atoms with Gasteiger partial charge in [-0.15, -0.1) is 0 Å². The Kier molecular flexibility index (Phi) is 4.17. The molecule has 2 rings (SSSR count). The van der Waals surface area contributed by atoms with Crippen LogP contribution in [0, 0.1) is 5.92 Å². The molecule has 0 bridgehead atoms. The summed E-state index contributed by atoms with van der Waals surface area (Å²) in [5, 5.41) is 0. The van der Waals surface area contributed by atoms with Crippen LogP contribution in [0.25, 0.3) is 0 Å². The maximum absolute atomic E-state index is 12.1. The Balaban J connectivity index is 1.99. The zero-order valence-corrected chi connectivity index (χ0v) is 12.1. The fourth-order valence-electron chi connectivity index (χ4n) is 2.50. The Bertz CT molecular complexity index is 433. The first-order chi connectivity index (χ1) is 8.87. The first-order valence-electron chi connectivity index (χ1n) is 6.76. The van der Waals surface area contributed by atoms with Gasteiger partial charge >= 0.3 is 5.97 Å². The standard InChI is InChI=1S/C12H22N2O4S/c1-2-18-11(15)12(13,10-3-4-10)9-14-5-7-19(16,17)8-6-14/h10H,2-9,13H2,1H3. The van der Waals surface area contributed by atoms with Crippen molar-refractivity contribution in [1.29, 1.82) is 0 Å². The normalized spacial score (nSPS) is 26.6. The number of carbonyl (C=O) groups excluding carboxylic acids is 1. The topological polar surface area (TPSA) is 89.7 Å². The molecule has 0 spiro atoms. The van der Waals surface area contributed by atoms with Crippen molar-refractivity contribution >= 4 is 15.8 Å². The first kappa shape index (κ1) is 14.7. The van der Waals surface area contributed by atoms with Gasteiger partial charge in [0.2, 0.25) is 0 Å². The van der Waals surface area contributed by atoms with E-state index in [-0.39, 0.29) is 23.4 Å². The van der Waals surface area contributed by atoms with Gasteiger partial charge in [0, 0.05) is 19.6 Å². The van der Waals surface area contributed by atoms with E-state index in [0.29, 0.717) is 26.2 Å². The molecule has 1 heterocycles. The van der Waals surface area contributed by atoms with Crippen LogP contribution >= 0.6 is 0 Å². The highest BCUT2D eigenvalue weighted by atomic mass is 32.2. The average Bonchev–Trinajstić information content (AvgIpc) is 3.16. The molecule has 6 nitrogen and oxygen atoms in total. The van der Waals surface area contributed by atoms with Gasteiger partial charge in [0.1, 0.15) is 5.54 Å². The lowest BCUT2D eigenvalue weighted by Crippen LogP contribution is -2.60. The van der Waals surface area contributed by atoms with Crippen molar-refractivity contribution in [3.63, 3.8) is 0 Å². The molecule has 1 saturated heterocycles. The van der Waals surface area contributed by atoms with Crippen LogP contribution in [0.5, 0.6) is 0 Å². The zero-order valence-electron chi connectivity index (χ0n) is 11.3. The van der Waals surface area contributed by atoms with Crippen molar-refractivity contribution in [3.8, 4) is 0 Å². The van der Waals surface area contributed by atoms with Crippen molar-refractivity contribution in [1.82, 2.24) is 4.90 Å². The molecule has 0 aromatic carbocycles. The van der Waals surface area contributed by atoms with E-state index in [4.69, 9.17) is 10.5 Å². The molecule has 1 atom stereocenters. The smallest absolute Gasteiger partial charge is 0.327 e. The summed E-state index contributed by atoms with van der Waals surface area (Å²) in [4.78, 5) is 14.0. The van der Waals surface area contributed by atoms with Crippen LogP contribution in [0.4, 0.5) is 0 Å². The van der Waals surface area contributed by atoms with Gasteiger partial charge in [-0.1, -0.05) is 0 Å². The number of nitrogens with zero attached hydrogens (tertiary/aromatic N) is 1.